The molecular formula is C49H83O12P. The van der Waals surface area contributed by atoms with Gasteiger partial charge in [-0.15, -0.1) is 0 Å². The van der Waals surface area contributed by atoms with Crippen molar-refractivity contribution in [3.05, 3.63) is 85.1 Å². The van der Waals surface area contributed by atoms with E-state index in [1.54, 1.807) is 0 Å². The Morgan fingerprint density at radius 2 is 0.952 bits per heavy atom. The molecule has 0 bridgehead atoms. The van der Waals surface area contributed by atoms with Crippen LogP contribution in [-0.4, -0.2) is 98.9 Å². The van der Waals surface area contributed by atoms with Gasteiger partial charge in [0.15, 0.2) is 0 Å². The van der Waals surface area contributed by atoms with Gasteiger partial charge in [-0.05, 0) is 70.6 Å². The summed E-state index contributed by atoms with van der Waals surface area (Å²) in [7, 11) is -5.03. The van der Waals surface area contributed by atoms with E-state index in [-0.39, 0.29) is 13.0 Å². The van der Waals surface area contributed by atoms with Gasteiger partial charge in [0.2, 0.25) is 0 Å². The lowest BCUT2D eigenvalue weighted by Crippen LogP contribution is -2.64. The third kappa shape index (κ3) is 30.6. The molecule has 356 valence electrons. The van der Waals surface area contributed by atoms with Gasteiger partial charge in [-0.3, -0.25) is 13.8 Å². The third-order valence-electron chi connectivity index (χ3n) is 10.3. The molecule has 0 amide bonds. The average Bonchev–Trinajstić information content (AvgIpc) is 3.26. The van der Waals surface area contributed by atoms with Crippen LogP contribution in [0.15, 0.2) is 85.1 Å². The fraction of sp³-hybridized carbons (Fsp3) is 0.694. The zero-order valence-electron chi connectivity index (χ0n) is 37.9. The molecule has 1 fully saturated rings. The van der Waals surface area contributed by atoms with E-state index in [2.05, 4.69) is 98.9 Å². The fourth-order valence-electron chi connectivity index (χ4n) is 6.57. The van der Waals surface area contributed by atoms with Crippen LogP contribution >= 0.6 is 7.82 Å². The van der Waals surface area contributed by atoms with Crippen molar-refractivity contribution < 1.29 is 58.3 Å². The lowest BCUT2D eigenvalue weighted by molar-refractivity contribution is -0.220. The number of allylic oxidation sites excluding steroid dienone is 14. The Morgan fingerprint density at radius 3 is 1.42 bits per heavy atom. The maximum absolute atomic E-state index is 12.8. The van der Waals surface area contributed by atoms with Crippen molar-refractivity contribution in [2.45, 2.75) is 198 Å². The predicted octanol–water partition coefficient (Wildman–Crippen LogP) is 9.75. The number of ether oxygens (including phenoxy) is 2. The van der Waals surface area contributed by atoms with Gasteiger partial charge in [-0.1, -0.05) is 163 Å². The first-order valence-electron chi connectivity index (χ1n) is 23.4. The molecule has 0 heterocycles. The Hall–Kier alpha value is -2.48. The minimum absolute atomic E-state index is 0.110. The number of rotatable bonds is 38. The molecule has 6 unspecified atom stereocenters. The molecule has 6 N–H and O–H groups in total. The van der Waals surface area contributed by atoms with Crippen LogP contribution in [0.25, 0.3) is 0 Å². The number of hydrogen-bond donors (Lipinski definition) is 6. The number of unbranched alkanes of at least 4 members (excludes halogenated alkanes) is 12. The zero-order valence-corrected chi connectivity index (χ0v) is 38.8. The summed E-state index contributed by atoms with van der Waals surface area (Å²) in [6.45, 7) is 4.01. The summed E-state index contributed by atoms with van der Waals surface area (Å²) in [6.07, 6.45) is 39.5. The van der Waals surface area contributed by atoms with Crippen molar-refractivity contribution in [3.63, 3.8) is 0 Å². The van der Waals surface area contributed by atoms with Crippen molar-refractivity contribution in [2.75, 3.05) is 19.8 Å². The molecule has 1 saturated carbocycles. The first-order valence-corrected chi connectivity index (χ1v) is 24.9. The highest BCUT2D eigenvalue weighted by Gasteiger charge is 2.51. The van der Waals surface area contributed by atoms with Crippen LogP contribution in [0.1, 0.15) is 155 Å². The summed E-state index contributed by atoms with van der Waals surface area (Å²) in [5.74, 6) is -0.498. The number of phosphoric acid groups is 1. The summed E-state index contributed by atoms with van der Waals surface area (Å²) in [6, 6.07) is 0. The second-order valence-electron chi connectivity index (χ2n) is 15.9. The van der Waals surface area contributed by atoms with Crippen LogP contribution in [0.2, 0.25) is 0 Å². The lowest BCUT2D eigenvalue weighted by atomic mass is 9.85. The second kappa shape index (κ2) is 38.9. The summed E-state index contributed by atoms with van der Waals surface area (Å²) >= 11 is 0. The Balaban J connectivity index is 2.40. The van der Waals surface area contributed by atoms with Gasteiger partial charge in [-0.25, -0.2) is 4.57 Å². The molecule has 0 radical (unpaired) electrons. The minimum Gasteiger partial charge on any atom is -0.457 e. The highest BCUT2D eigenvalue weighted by atomic mass is 31.2. The molecule has 12 nitrogen and oxygen atoms in total. The van der Waals surface area contributed by atoms with Crippen LogP contribution in [0, 0.1) is 0 Å². The van der Waals surface area contributed by atoms with Crippen LogP contribution in [-0.2, 0) is 27.9 Å². The van der Waals surface area contributed by atoms with Crippen LogP contribution in [0.5, 0.6) is 0 Å². The number of carbonyl (C=O) groups excluding carboxylic acids is 1. The molecule has 0 aromatic heterocycles. The number of esters is 1. The quantitative estimate of drug-likeness (QED) is 0.0149. The lowest BCUT2D eigenvalue weighted by Gasteiger charge is -2.41. The molecule has 6 atom stereocenters. The van der Waals surface area contributed by atoms with Crippen molar-refractivity contribution in [1.82, 2.24) is 0 Å². The molecule has 13 heteroatoms. The highest BCUT2D eigenvalue weighted by Crippen LogP contribution is 2.47. The minimum atomic E-state index is -5.03. The molecule has 0 aromatic rings. The fourth-order valence-corrected chi connectivity index (χ4v) is 7.54. The monoisotopic (exact) mass is 895 g/mol. The van der Waals surface area contributed by atoms with Gasteiger partial charge in [0.25, 0.3) is 0 Å². The second-order valence-corrected chi connectivity index (χ2v) is 17.3. The Bertz CT molecular complexity index is 1340. The van der Waals surface area contributed by atoms with Crippen molar-refractivity contribution >= 4 is 13.8 Å². The van der Waals surface area contributed by atoms with Gasteiger partial charge < -0.3 is 39.9 Å². The number of aliphatic hydroxyl groups is 5. The summed E-state index contributed by atoms with van der Waals surface area (Å²) in [4.78, 5) is 23.1. The van der Waals surface area contributed by atoms with E-state index in [4.69, 9.17) is 18.5 Å². The smallest absolute Gasteiger partial charge is 0.457 e. The van der Waals surface area contributed by atoms with E-state index >= 15 is 0 Å². The average molecular weight is 895 g/mol. The maximum Gasteiger partial charge on any atom is 0.472 e. The van der Waals surface area contributed by atoms with Crippen molar-refractivity contribution in [3.8, 4) is 0 Å². The number of carbonyl (C=O) groups is 1. The first-order chi connectivity index (χ1) is 30.0. The van der Waals surface area contributed by atoms with E-state index in [1.165, 1.54) is 44.9 Å². The predicted molar refractivity (Wildman–Crippen MR) is 248 cm³/mol. The van der Waals surface area contributed by atoms with E-state index in [9.17, 15) is 39.8 Å². The topological polar surface area (TPSA) is 192 Å². The largest absolute Gasteiger partial charge is 0.472 e. The number of phosphoric ester groups is 1. The molecule has 1 aliphatic rings. The van der Waals surface area contributed by atoms with E-state index < -0.39 is 63.1 Å². The molecule has 0 aromatic carbocycles. The van der Waals surface area contributed by atoms with Gasteiger partial charge in [0.1, 0.15) is 42.7 Å². The first kappa shape index (κ1) is 57.5. The van der Waals surface area contributed by atoms with Crippen LogP contribution < -0.4 is 0 Å². The standard InChI is InChI=1S/C49H83O12P/c1-3-5-7-9-11-13-15-16-17-18-19-20-21-22-23-24-25-26-27-29-31-33-35-37-39-58-40-42(60-43(50)38-36-34-32-30-28-14-12-10-8-6-4-2)41-59-62(56,57)61-49-47(54)45(52)44(51)46(53)48(49)55/h5,7,11,13,16-17,19-20,22-23,25-26,29,31,42,44-49,51-55H,3-4,6,8-10,12,14-15,18,21,24,27-28,30,32-41H2,1-2H3,(H,56,57)/b7-5-,13-11-,17-16-,20-19-,23-22-,26-25-,31-29-. The normalized spacial score (nSPS) is 22.8. The Kier molecular flexibility index (Phi) is 36.1. The summed E-state index contributed by atoms with van der Waals surface area (Å²) in [5.41, 5.74) is 0. The Morgan fingerprint density at radius 1 is 0.532 bits per heavy atom. The molecule has 0 spiro atoms. The summed E-state index contributed by atoms with van der Waals surface area (Å²) in [5, 5.41) is 50.1. The van der Waals surface area contributed by atoms with Gasteiger partial charge in [0, 0.05) is 13.0 Å². The van der Waals surface area contributed by atoms with E-state index in [0.717, 1.165) is 83.5 Å². The zero-order chi connectivity index (χ0) is 45.5. The van der Waals surface area contributed by atoms with Crippen molar-refractivity contribution in [1.29, 1.82) is 0 Å². The highest BCUT2D eigenvalue weighted by molar-refractivity contribution is 7.47. The van der Waals surface area contributed by atoms with Crippen LogP contribution in [0.4, 0.5) is 0 Å². The van der Waals surface area contributed by atoms with E-state index in [1.807, 2.05) is 0 Å². The third-order valence-corrected chi connectivity index (χ3v) is 11.3. The molecule has 62 heavy (non-hydrogen) atoms. The van der Waals surface area contributed by atoms with Crippen molar-refractivity contribution in [2.24, 2.45) is 0 Å². The van der Waals surface area contributed by atoms with E-state index in [0.29, 0.717) is 13.0 Å². The molecule has 0 aliphatic heterocycles. The SMILES string of the molecule is CC/C=C\C/C=C\C/C=C\C/C=C\C/C=C\C/C=C\C/C=C\CCCCOCC(COP(=O)(O)OC1C(O)C(O)C(O)C(O)C1O)OC(=O)CCCCCCCCCCCCC. The molecule has 0 saturated heterocycles. The summed E-state index contributed by atoms with van der Waals surface area (Å²) < 4.78 is 34.1. The van der Waals surface area contributed by atoms with Gasteiger partial charge >= 0.3 is 13.8 Å². The molecular weight excluding hydrogens is 812 g/mol. The Labute approximate surface area is 373 Å². The van der Waals surface area contributed by atoms with Gasteiger partial charge in [-0.2, -0.15) is 0 Å². The molecule has 1 aliphatic carbocycles. The van der Waals surface area contributed by atoms with Gasteiger partial charge in [0.05, 0.1) is 13.2 Å². The van der Waals surface area contributed by atoms with Crippen LogP contribution in [0.3, 0.4) is 0 Å². The molecule has 1 rings (SSSR count). The number of hydrogen-bond acceptors (Lipinski definition) is 11. The maximum atomic E-state index is 12.8. The number of aliphatic hydroxyl groups excluding tert-OH is 5.